The monoisotopic (exact) mass is 813 g/mol. The maximum Gasteiger partial charge on any atom is 0.402 e. The van der Waals surface area contributed by atoms with Crippen LogP contribution in [-0.4, -0.2) is 56.6 Å². The number of rotatable bonds is 5. The van der Waals surface area contributed by atoms with E-state index in [0.717, 1.165) is 53.2 Å². The first-order valence-corrected chi connectivity index (χ1v) is 21.4. The van der Waals surface area contributed by atoms with Gasteiger partial charge in [0.1, 0.15) is 5.41 Å². The van der Waals surface area contributed by atoms with Crippen molar-refractivity contribution in [1.82, 2.24) is 0 Å². The number of carbonyl (C=O) groups is 2. The van der Waals surface area contributed by atoms with Crippen LogP contribution in [0.3, 0.4) is 0 Å². The average molecular weight is 814 g/mol. The van der Waals surface area contributed by atoms with Gasteiger partial charge in [-0.25, -0.2) is 4.90 Å². The number of nitrogens with zero attached hydrogens (tertiary/aromatic N) is 1. The largest absolute Gasteiger partial charge is 0.493 e. The Morgan fingerprint density at radius 3 is 1.71 bits per heavy atom. The number of aryl methyl sites for hydroxylation is 3. The van der Waals surface area contributed by atoms with Gasteiger partial charge in [-0.1, -0.05) is 58.0 Å². The second kappa shape index (κ2) is 13.3. The molecule has 7 nitrogen and oxygen atoms in total. The minimum Gasteiger partial charge on any atom is -0.493 e. The molecule has 0 aromatic heterocycles. The van der Waals surface area contributed by atoms with E-state index in [1.54, 1.807) is 46.3 Å². The molecule has 59 heavy (non-hydrogen) atoms. The third kappa shape index (κ3) is 5.80. The number of amides is 2. The van der Waals surface area contributed by atoms with Crippen LogP contribution < -0.4 is 14.4 Å². The topological polar surface area (TPSA) is 74.3 Å². The van der Waals surface area contributed by atoms with Crippen molar-refractivity contribution in [3.05, 3.63) is 87.5 Å². The van der Waals surface area contributed by atoms with Gasteiger partial charge in [0.05, 0.1) is 56.2 Å². The highest BCUT2D eigenvalue weighted by atomic mass is 19.4. The molecule has 3 aromatic rings. The van der Waals surface area contributed by atoms with Gasteiger partial charge in [-0.15, -0.1) is 0 Å². The number of imide groups is 1. The molecule has 1 spiro atoms. The summed E-state index contributed by atoms with van der Waals surface area (Å²) in [6.07, 6.45) is -1.22. The summed E-state index contributed by atoms with van der Waals surface area (Å²) in [7, 11) is 3.38. The molecule has 5 fully saturated rings. The summed E-state index contributed by atoms with van der Waals surface area (Å²) in [4.78, 5) is 29.9. The second-order valence-corrected chi connectivity index (χ2v) is 20.4. The molecule has 10 atom stereocenters. The van der Waals surface area contributed by atoms with E-state index in [1.807, 2.05) is 6.92 Å². The zero-order valence-electron chi connectivity index (χ0n) is 36.0. The van der Waals surface area contributed by atoms with E-state index in [2.05, 4.69) is 39.8 Å². The number of methoxy groups -OCH3 is 2. The number of hydrogen-bond donors (Lipinski definition) is 0. The molecular weight excluding hydrogens is 756 g/mol. The van der Waals surface area contributed by atoms with E-state index in [0.29, 0.717) is 30.2 Å². The molecule has 10 heteroatoms. The summed E-state index contributed by atoms with van der Waals surface area (Å²) in [6.45, 7) is 16.0. The minimum absolute atomic E-state index is 0.0224. The Kier molecular flexibility index (Phi) is 9.13. The molecule has 9 rings (SSSR count). The molecular formula is C49H58F3NO6. The van der Waals surface area contributed by atoms with Crippen LogP contribution in [0.1, 0.15) is 112 Å². The Bertz CT molecular complexity index is 2250. The van der Waals surface area contributed by atoms with Crippen LogP contribution in [0.25, 0.3) is 0 Å². The number of ether oxygens (including phenoxy) is 4. The normalized spacial score (nSPS) is 33.8. The molecule has 4 aliphatic carbocycles. The number of carbonyl (C=O) groups excluding carboxylic acids is 2. The molecule has 0 radical (unpaired) electrons. The Morgan fingerprint density at radius 1 is 0.661 bits per heavy atom. The summed E-state index contributed by atoms with van der Waals surface area (Å²) in [5.41, 5.74) is 2.71. The van der Waals surface area contributed by atoms with E-state index < -0.39 is 23.4 Å². The highest BCUT2D eigenvalue weighted by Crippen LogP contribution is 2.70. The highest BCUT2D eigenvalue weighted by Gasteiger charge is 2.66. The number of benzene rings is 3. The number of fused-ring (bicyclic) bond motifs is 7. The molecule has 0 N–H and O–H groups in total. The summed E-state index contributed by atoms with van der Waals surface area (Å²) in [5, 5.41) is 0. The third-order valence-corrected chi connectivity index (χ3v) is 16.2. The van der Waals surface area contributed by atoms with Crippen molar-refractivity contribution in [2.45, 2.75) is 141 Å². The van der Waals surface area contributed by atoms with Crippen LogP contribution in [0.2, 0.25) is 0 Å². The minimum atomic E-state index is -4.65. The lowest BCUT2D eigenvalue weighted by molar-refractivity contribution is -0.259. The maximum absolute atomic E-state index is 15.2. The Balaban J connectivity index is 0.996. The van der Waals surface area contributed by atoms with Gasteiger partial charge in [0.25, 0.3) is 0 Å². The van der Waals surface area contributed by atoms with Gasteiger partial charge in [0.15, 0.2) is 11.5 Å². The molecule has 316 valence electrons. The van der Waals surface area contributed by atoms with Gasteiger partial charge in [0.2, 0.25) is 11.8 Å². The lowest BCUT2D eigenvalue weighted by atomic mass is 9.63. The molecule has 3 saturated carbocycles. The number of hydrogen-bond acceptors (Lipinski definition) is 6. The fourth-order valence-electron chi connectivity index (χ4n) is 13.1. The van der Waals surface area contributed by atoms with Crippen LogP contribution in [0, 0.1) is 49.9 Å². The average Bonchev–Trinajstić information content (AvgIpc) is 3.65. The van der Waals surface area contributed by atoms with Gasteiger partial charge < -0.3 is 18.9 Å². The van der Waals surface area contributed by atoms with Gasteiger partial charge in [-0.2, -0.15) is 13.2 Å². The van der Waals surface area contributed by atoms with Crippen molar-refractivity contribution < 1.29 is 41.7 Å². The Morgan fingerprint density at radius 2 is 1.17 bits per heavy atom. The quantitative estimate of drug-likeness (QED) is 0.239. The Hall–Kier alpha value is -3.89. The molecule has 3 aromatic carbocycles. The maximum atomic E-state index is 15.2. The molecule has 2 saturated heterocycles. The fraction of sp³-hybridized carbons (Fsp3) is 0.592. The van der Waals surface area contributed by atoms with E-state index in [1.165, 1.54) is 36.2 Å². The number of alkyl halides is 3. The van der Waals surface area contributed by atoms with Gasteiger partial charge in [0, 0.05) is 5.41 Å². The smallest absolute Gasteiger partial charge is 0.402 e. The predicted octanol–water partition coefficient (Wildman–Crippen LogP) is 9.99. The summed E-state index contributed by atoms with van der Waals surface area (Å²) in [6, 6.07) is 13.7. The zero-order chi connectivity index (χ0) is 42.4. The van der Waals surface area contributed by atoms with Gasteiger partial charge in [-0.05, 0) is 146 Å². The van der Waals surface area contributed by atoms with Gasteiger partial charge >= 0.3 is 6.18 Å². The lowest BCUT2D eigenvalue weighted by Crippen LogP contribution is -2.57. The standard InChI is InChI=1S/C49H58F3NO6/c1-25-11-13-28(15-27(25)3)47(8,49(50,51)52)29-14-12-26(2)36(16-29)53-43(54)30-17-39-40(18-31(30)44(53)55)59-42-22-35-33(20-41(42)58-39)46(6,7)24-48(35)23-45(4,5)32-19-37(56-9)38(57-10)21-34(32)48/h11-16,19,21,30-31,33,35,39-42H,17-18,20,22-24H2,1-10H3. The van der Waals surface area contributed by atoms with Crippen molar-refractivity contribution in [3.63, 3.8) is 0 Å². The van der Waals surface area contributed by atoms with Crippen molar-refractivity contribution in [2.75, 3.05) is 19.1 Å². The van der Waals surface area contributed by atoms with E-state index in [-0.39, 0.29) is 69.3 Å². The summed E-state index contributed by atoms with van der Waals surface area (Å²) < 4.78 is 71.2. The molecule has 2 amide bonds. The SMILES string of the molecule is COc1cc2c(cc1OC)C1(CC2(C)C)CC(C)(C)C2CC3OC4CC5C(=O)N(c6cc(C(C)(c7ccc(C)c(C)c7)C(F)(F)F)ccc6C)C(=O)C5CC4OC3CC21. The highest BCUT2D eigenvalue weighted by molar-refractivity contribution is 6.22. The van der Waals surface area contributed by atoms with Crippen molar-refractivity contribution in [1.29, 1.82) is 0 Å². The first kappa shape index (κ1) is 40.5. The van der Waals surface area contributed by atoms with Crippen LogP contribution >= 0.6 is 0 Å². The zero-order valence-corrected chi connectivity index (χ0v) is 36.0. The van der Waals surface area contributed by atoms with Crippen LogP contribution in [0.15, 0.2) is 48.5 Å². The molecule has 10 unspecified atom stereocenters. The fourth-order valence-corrected chi connectivity index (χ4v) is 13.1. The molecule has 0 bridgehead atoms. The summed E-state index contributed by atoms with van der Waals surface area (Å²) in [5.74, 6) is 0.212. The first-order chi connectivity index (χ1) is 27.6. The predicted molar refractivity (Wildman–Crippen MR) is 219 cm³/mol. The van der Waals surface area contributed by atoms with Crippen molar-refractivity contribution in [2.24, 2.45) is 29.1 Å². The van der Waals surface area contributed by atoms with E-state index in [4.69, 9.17) is 18.9 Å². The first-order valence-electron chi connectivity index (χ1n) is 21.4. The molecule has 2 aliphatic heterocycles. The van der Waals surface area contributed by atoms with Crippen LogP contribution in [0.4, 0.5) is 18.9 Å². The lowest BCUT2D eigenvalue weighted by Gasteiger charge is -2.52. The van der Waals surface area contributed by atoms with Crippen molar-refractivity contribution in [3.8, 4) is 11.5 Å². The molecule has 6 aliphatic rings. The second-order valence-electron chi connectivity index (χ2n) is 20.4. The number of halogens is 3. The van der Waals surface area contributed by atoms with Crippen LogP contribution in [-0.2, 0) is 35.3 Å². The van der Waals surface area contributed by atoms with E-state index >= 15 is 13.2 Å². The third-order valence-electron chi connectivity index (χ3n) is 16.2. The van der Waals surface area contributed by atoms with Gasteiger partial charge in [-0.3, -0.25) is 9.59 Å². The van der Waals surface area contributed by atoms with Crippen LogP contribution in [0.5, 0.6) is 11.5 Å². The van der Waals surface area contributed by atoms with E-state index in [9.17, 15) is 9.59 Å². The number of anilines is 1. The Labute approximate surface area is 346 Å². The summed E-state index contributed by atoms with van der Waals surface area (Å²) >= 11 is 0. The molecule has 2 heterocycles. The van der Waals surface area contributed by atoms with Crippen molar-refractivity contribution >= 4 is 17.5 Å².